The first-order valence-electron chi connectivity index (χ1n) is 10.3. The molecule has 2 atom stereocenters. The molecule has 1 unspecified atom stereocenters. The molecule has 1 aromatic carbocycles. The Labute approximate surface area is 212 Å². The zero-order valence-corrected chi connectivity index (χ0v) is 20.3. The fraction of sp³-hybridized carbons (Fsp3) is 0.238. The summed E-state index contributed by atoms with van der Waals surface area (Å²) in [5.74, 6) is -2.53. The Balaban J connectivity index is 1.43. The van der Waals surface area contributed by atoms with Crippen LogP contribution >= 0.6 is 23.1 Å². The van der Waals surface area contributed by atoms with Gasteiger partial charge in [0.25, 0.3) is 11.8 Å². The smallest absolute Gasteiger partial charge is 0.411 e. The molecule has 3 heterocycles. The summed E-state index contributed by atoms with van der Waals surface area (Å²) in [4.78, 5) is 59.5. The highest BCUT2D eigenvalue weighted by Gasteiger charge is 2.54. The molecular weight excluding hydrogens is 512 g/mol. The average Bonchev–Trinajstić information content (AvgIpc) is 3.29. The summed E-state index contributed by atoms with van der Waals surface area (Å²) in [6.45, 7) is -0.323. The van der Waals surface area contributed by atoms with Gasteiger partial charge in [-0.2, -0.15) is 0 Å². The SMILES string of the molecule is CON=C(C(=O)NC1C(=O)N2C(C(=O)O)=C(COC(=O)Nc3ccccc3)CS[C@@H]12)c1csc(N)n1. The zero-order chi connectivity index (χ0) is 25.8. The van der Waals surface area contributed by atoms with E-state index >= 15 is 0 Å². The number of carboxylic acid groups (broad SMARTS) is 1. The molecule has 2 aliphatic rings. The van der Waals surface area contributed by atoms with Gasteiger partial charge in [-0.05, 0) is 12.1 Å². The third kappa shape index (κ3) is 5.11. The lowest BCUT2D eigenvalue weighted by molar-refractivity contribution is -0.150. The van der Waals surface area contributed by atoms with Gasteiger partial charge in [-0.15, -0.1) is 23.1 Å². The number of carbonyl (C=O) groups excluding carboxylic acids is 3. The predicted octanol–water partition coefficient (Wildman–Crippen LogP) is 1.06. The number of nitrogens with zero attached hydrogens (tertiary/aromatic N) is 3. The second kappa shape index (κ2) is 10.7. The molecule has 36 heavy (non-hydrogen) atoms. The van der Waals surface area contributed by atoms with E-state index in [1.54, 1.807) is 30.3 Å². The first-order valence-corrected chi connectivity index (χ1v) is 12.2. The molecule has 0 bridgehead atoms. The van der Waals surface area contributed by atoms with Gasteiger partial charge >= 0.3 is 12.1 Å². The van der Waals surface area contributed by atoms with Gasteiger partial charge in [0.1, 0.15) is 36.5 Å². The molecule has 13 nitrogen and oxygen atoms in total. The maximum Gasteiger partial charge on any atom is 0.411 e. The third-order valence-corrected chi connectivity index (χ3v) is 7.11. The molecule has 0 aliphatic carbocycles. The lowest BCUT2D eigenvalue weighted by Gasteiger charge is -2.49. The highest BCUT2D eigenvalue weighted by molar-refractivity contribution is 8.00. The Morgan fingerprint density at radius 3 is 2.69 bits per heavy atom. The highest BCUT2D eigenvalue weighted by Crippen LogP contribution is 2.40. The number of carboxylic acids is 1. The Hall–Kier alpha value is -4.11. The Morgan fingerprint density at radius 1 is 1.31 bits per heavy atom. The summed E-state index contributed by atoms with van der Waals surface area (Å²) < 4.78 is 5.17. The lowest BCUT2D eigenvalue weighted by atomic mass is 10.0. The van der Waals surface area contributed by atoms with Gasteiger partial charge in [0.2, 0.25) is 0 Å². The molecule has 1 fully saturated rings. The molecule has 1 aromatic heterocycles. The molecule has 15 heteroatoms. The van der Waals surface area contributed by atoms with Crippen LogP contribution in [-0.4, -0.2) is 75.5 Å². The maximum atomic E-state index is 12.9. The van der Waals surface area contributed by atoms with Gasteiger partial charge in [-0.3, -0.25) is 19.8 Å². The third-order valence-electron chi connectivity index (χ3n) is 5.10. The van der Waals surface area contributed by atoms with Crippen molar-refractivity contribution in [2.45, 2.75) is 11.4 Å². The summed E-state index contributed by atoms with van der Waals surface area (Å²) in [5.41, 5.74) is 6.11. The molecule has 0 spiro atoms. The standard InChI is InChI=1S/C21H20N6O7S2/c1-33-26-13(12-9-36-20(22)24-12)16(28)25-14-17(29)27-15(19(30)31)10(8-35-18(14)27)7-34-21(32)23-11-5-3-2-4-6-11/h2-6,9,14,18H,7-8H2,1H3,(H2,22,24)(H,23,32)(H,25,28)(H,30,31)/t14?,18-/m0/s1. The zero-order valence-electron chi connectivity index (χ0n) is 18.7. The number of fused-ring (bicyclic) bond motifs is 1. The number of anilines is 2. The van der Waals surface area contributed by atoms with Crippen LogP contribution in [0.25, 0.3) is 0 Å². The molecule has 0 radical (unpaired) electrons. The molecule has 2 aliphatic heterocycles. The van der Waals surface area contributed by atoms with Gasteiger partial charge in [0.05, 0.1) is 0 Å². The topological polar surface area (TPSA) is 186 Å². The van der Waals surface area contributed by atoms with Crippen LogP contribution < -0.4 is 16.4 Å². The van der Waals surface area contributed by atoms with E-state index in [1.807, 2.05) is 0 Å². The number of nitrogen functional groups attached to an aromatic ring is 1. The number of nitrogens with two attached hydrogens (primary N) is 1. The summed E-state index contributed by atoms with van der Waals surface area (Å²) in [6, 6.07) is 7.60. The molecule has 4 rings (SSSR count). The minimum atomic E-state index is -1.35. The largest absolute Gasteiger partial charge is 0.477 e. The number of para-hydroxylation sites is 1. The number of rotatable bonds is 8. The van der Waals surface area contributed by atoms with Gasteiger partial charge in [0, 0.05) is 22.4 Å². The first kappa shape index (κ1) is 25.0. The van der Waals surface area contributed by atoms with Crippen LogP contribution in [0.15, 0.2) is 52.1 Å². The van der Waals surface area contributed by atoms with E-state index in [9.17, 15) is 24.3 Å². The van der Waals surface area contributed by atoms with Crippen molar-refractivity contribution in [3.8, 4) is 0 Å². The summed E-state index contributed by atoms with van der Waals surface area (Å²) >= 11 is 2.33. The normalized spacial score (nSPS) is 19.2. The second-order valence-corrected chi connectivity index (χ2v) is 9.37. The number of β-lactam (4-membered cyclic amide) rings is 1. The van der Waals surface area contributed by atoms with Gasteiger partial charge in [-0.25, -0.2) is 14.6 Å². The van der Waals surface area contributed by atoms with Crippen LogP contribution in [0.1, 0.15) is 5.69 Å². The van der Waals surface area contributed by atoms with E-state index in [-0.39, 0.29) is 40.2 Å². The van der Waals surface area contributed by atoms with Gasteiger partial charge in [0.15, 0.2) is 10.8 Å². The van der Waals surface area contributed by atoms with Crippen LogP contribution in [0.5, 0.6) is 0 Å². The lowest BCUT2D eigenvalue weighted by Crippen LogP contribution is -2.71. The minimum absolute atomic E-state index is 0.169. The molecule has 2 aromatic rings. The van der Waals surface area contributed by atoms with Crippen molar-refractivity contribution in [3.05, 3.63) is 52.7 Å². The van der Waals surface area contributed by atoms with Crippen LogP contribution in [0.4, 0.5) is 15.6 Å². The van der Waals surface area contributed by atoms with Crippen molar-refractivity contribution in [1.82, 2.24) is 15.2 Å². The number of benzene rings is 1. The monoisotopic (exact) mass is 532 g/mol. The number of oxime groups is 1. The highest BCUT2D eigenvalue weighted by atomic mass is 32.2. The van der Waals surface area contributed by atoms with E-state index < -0.39 is 35.3 Å². The number of carbonyl (C=O) groups is 4. The Morgan fingerprint density at radius 2 is 2.06 bits per heavy atom. The number of nitrogens with one attached hydrogen (secondary N) is 2. The molecule has 0 saturated carbocycles. The van der Waals surface area contributed by atoms with E-state index in [0.717, 1.165) is 16.2 Å². The Bertz CT molecular complexity index is 1260. The molecule has 1 saturated heterocycles. The maximum absolute atomic E-state index is 12.9. The van der Waals surface area contributed by atoms with Crippen molar-refractivity contribution < 1.29 is 33.9 Å². The van der Waals surface area contributed by atoms with Crippen molar-refractivity contribution in [2.24, 2.45) is 5.16 Å². The van der Waals surface area contributed by atoms with Crippen molar-refractivity contribution in [2.75, 3.05) is 30.5 Å². The molecular formula is C21H20N6O7S2. The number of aliphatic carboxylic acids is 1. The second-order valence-electron chi connectivity index (χ2n) is 7.38. The van der Waals surface area contributed by atoms with E-state index in [0.29, 0.717) is 5.69 Å². The van der Waals surface area contributed by atoms with Gasteiger partial charge in [-0.1, -0.05) is 23.4 Å². The number of hydrogen-bond donors (Lipinski definition) is 4. The number of hydrogen-bond acceptors (Lipinski definition) is 11. The average molecular weight is 533 g/mol. The van der Waals surface area contributed by atoms with Crippen molar-refractivity contribution in [1.29, 1.82) is 0 Å². The minimum Gasteiger partial charge on any atom is -0.477 e. The van der Waals surface area contributed by atoms with Crippen LogP contribution in [-0.2, 0) is 24.0 Å². The number of thiazole rings is 1. The number of amides is 3. The number of ether oxygens (including phenoxy) is 1. The fourth-order valence-corrected chi connectivity index (χ4v) is 5.40. The van der Waals surface area contributed by atoms with Gasteiger partial charge < -0.3 is 25.7 Å². The van der Waals surface area contributed by atoms with Crippen LogP contribution in [0.2, 0.25) is 0 Å². The molecule has 188 valence electrons. The summed E-state index contributed by atoms with van der Waals surface area (Å²) in [7, 11) is 1.25. The Kier molecular flexibility index (Phi) is 7.40. The molecule has 3 amide bonds. The number of thioether (sulfide) groups is 1. The van der Waals surface area contributed by atoms with E-state index in [1.165, 1.54) is 24.3 Å². The van der Waals surface area contributed by atoms with Crippen LogP contribution in [0, 0.1) is 0 Å². The first-order chi connectivity index (χ1) is 17.3. The summed E-state index contributed by atoms with van der Waals surface area (Å²) in [5, 5.41) is 19.6. The molecule has 5 N–H and O–H groups in total. The van der Waals surface area contributed by atoms with E-state index in [2.05, 4.69) is 20.8 Å². The van der Waals surface area contributed by atoms with Crippen molar-refractivity contribution in [3.63, 3.8) is 0 Å². The summed E-state index contributed by atoms with van der Waals surface area (Å²) in [6.07, 6.45) is -0.765. The number of aromatic nitrogens is 1. The quantitative estimate of drug-likeness (QED) is 0.218. The fourth-order valence-electron chi connectivity index (χ4n) is 3.52. The van der Waals surface area contributed by atoms with E-state index in [4.69, 9.17) is 15.3 Å². The van der Waals surface area contributed by atoms with Crippen LogP contribution in [0.3, 0.4) is 0 Å². The predicted molar refractivity (Wildman–Crippen MR) is 131 cm³/mol. The van der Waals surface area contributed by atoms with Crippen molar-refractivity contribution >= 4 is 63.5 Å².